The molecule has 2 saturated carbocycles. The first-order valence-corrected chi connectivity index (χ1v) is 7.68. The Kier molecular flexibility index (Phi) is 2.78. The minimum atomic E-state index is -4.40. The largest absolute Gasteiger partial charge is 0.416 e. The number of hydrogen-bond acceptors (Lipinski definition) is 1. The Balaban J connectivity index is 1.89. The Morgan fingerprint density at radius 1 is 1.14 bits per heavy atom. The molecule has 3 nitrogen and oxygen atoms in total. The molecule has 118 valence electrons. The molecular formula is C16H17F3N2O. The topological polar surface area (TPSA) is 32.3 Å². The van der Waals surface area contributed by atoms with E-state index < -0.39 is 17.3 Å². The van der Waals surface area contributed by atoms with Crippen molar-refractivity contribution in [2.45, 2.75) is 43.4 Å². The van der Waals surface area contributed by atoms with Crippen molar-refractivity contribution in [2.24, 2.45) is 5.92 Å². The van der Waals surface area contributed by atoms with Gasteiger partial charge in [0.25, 0.3) is 0 Å². The van der Waals surface area contributed by atoms with Crippen LogP contribution in [0.4, 0.5) is 18.0 Å². The van der Waals surface area contributed by atoms with Crippen molar-refractivity contribution >= 4 is 6.03 Å². The van der Waals surface area contributed by atoms with E-state index in [9.17, 15) is 18.0 Å². The van der Waals surface area contributed by atoms with Crippen molar-refractivity contribution < 1.29 is 18.0 Å². The van der Waals surface area contributed by atoms with E-state index in [2.05, 4.69) is 5.32 Å². The lowest BCUT2D eigenvalue weighted by atomic mass is 9.81. The normalized spacial score (nSPS) is 28.9. The Hall–Kier alpha value is -1.72. The molecule has 1 N–H and O–H groups in total. The number of carbonyl (C=O) groups is 1. The quantitative estimate of drug-likeness (QED) is 0.910. The second kappa shape index (κ2) is 4.40. The SMILES string of the molecule is O=C1NCC(c2ccccc2C(F)(F)F)(C2CC2)N1C1CC1. The molecule has 0 radical (unpaired) electrons. The molecule has 0 aromatic heterocycles. The summed E-state index contributed by atoms with van der Waals surface area (Å²) in [6.07, 6.45) is -0.875. The number of nitrogens with one attached hydrogen (secondary N) is 1. The van der Waals surface area contributed by atoms with Crippen molar-refractivity contribution in [2.75, 3.05) is 6.54 Å². The fourth-order valence-electron chi connectivity index (χ4n) is 3.84. The lowest BCUT2D eigenvalue weighted by Crippen LogP contribution is -2.48. The van der Waals surface area contributed by atoms with Gasteiger partial charge in [-0.3, -0.25) is 0 Å². The fraction of sp³-hybridized carbons (Fsp3) is 0.562. The second-order valence-corrected chi connectivity index (χ2v) is 6.50. The standard InChI is InChI=1S/C16H17F3N2O/c17-16(18,19)13-4-2-1-3-12(13)15(10-5-6-10)9-20-14(22)21(15)11-7-8-11/h1-4,10-11H,5-9H2,(H,20,22). The number of hydrogen-bond donors (Lipinski definition) is 1. The van der Waals surface area contributed by atoms with E-state index in [0.29, 0.717) is 0 Å². The maximum atomic E-state index is 13.5. The number of halogens is 3. The van der Waals surface area contributed by atoms with Gasteiger partial charge in [-0.15, -0.1) is 0 Å². The number of rotatable bonds is 3. The average molecular weight is 310 g/mol. The zero-order valence-electron chi connectivity index (χ0n) is 12.0. The van der Waals surface area contributed by atoms with E-state index in [-0.39, 0.29) is 30.1 Å². The van der Waals surface area contributed by atoms with Crippen LogP contribution in [0.3, 0.4) is 0 Å². The van der Waals surface area contributed by atoms with Crippen molar-refractivity contribution in [3.63, 3.8) is 0 Å². The second-order valence-electron chi connectivity index (χ2n) is 6.50. The smallest absolute Gasteiger partial charge is 0.335 e. The summed E-state index contributed by atoms with van der Waals surface area (Å²) < 4.78 is 40.4. The van der Waals surface area contributed by atoms with Crippen LogP contribution in [0.1, 0.15) is 36.8 Å². The van der Waals surface area contributed by atoms with E-state index >= 15 is 0 Å². The number of carbonyl (C=O) groups excluding carboxylic acids is 1. The van der Waals surface area contributed by atoms with Gasteiger partial charge >= 0.3 is 12.2 Å². The summed E-state index contributed by atoms with van der Waals surface area (Å²) in [5.74, 6) is 0.121. The Morgan fingerprint density at radius 3 is 2.41 bits per heavy atom. The minimum Gasteiger partial charge on any atom is -0.335 e. The van der Waals surface area contributed by atoms with Crippen LogP contribution < -0.4 is 5.32 Å². The van der Waals surface area contributed by atoms with Gasteiger partial charge in [0.1, 0.15) is 0 Å². The Morgan fingerprint density at radius 2 is 1.82 bits per heavy atom. The number of alkyl halides is 3. The lowest BCUT2D eigenvalue weighted by molar-refractivity contribution is -0.139. The van der Waals surface area contributed by atoms with Gasteiger partial charge in [0, 0.05) is 12.6 Å². The first kappa shape index (κ1) is 13.9. The van der Waals surface area contributed by atoms with Crippen LogP contribution in [-0.2, 0) is 11.7 Å². The molecule has 0 spiro atoms. The predicted octanol–water partition coefficient (Wildman–Crippen LogP) is 3.50. The number of amides is 2. The van der Waals surface area contributed by atoms with Gasteiger partial charge in [-0.25, -0.2) is 4.79 Å². The highest BCUT2D eigenvalue weighted by atomic mass is 19.4. The molecule has 2 aliphatic carbocycles. The number of benzene rings is 1. The molecule has 2 amide bonds. The van der Waals surface area contributed by atoms with Gasteiger partial charge in [-0.1, -0.05) is 18.2 Å². The third-order valence-corrected chi connectivity index (χ3v) is 5.02. The van der Waals surface area contributed by atoms with E-state index in [1.165, 1.54) is 6.07 Å². The number of urea groups is 1. The average Bonchev–Trinajstić information content (AvgIpc) is 3.37. The highest BCUT2D eigenvalue weighted by Gasteiger charge is 2.61. The van der Waals surface area contributed by atoms with E-state index in [1.54, 1.807) is 17.0 Å². The third-order valence-electron chi connectivity index (χ3n) is 5.02. The molecule has 1 aromatic rings. The maximum Gasteiger partial charge on any atom is 0.416 e. The van der Waals surface area contributed by atoms with E-state index in [0.717, 1.165) is 31.7 Å². The monoisotopic (exact) mass is 310 g/mol. The molecule has 22 heavy (non-hydrogen) atoms. The van der Waals surface area contributed by atoms with Gasteiger partial charge in [-0.05, 0) is 43.2 Å². The summed E-state index contributed by atoms with van der Waals surface area (Å²) >= 11 is 0. The molecule has 1 unspecified atom stereocenters. The van der Waals surface area contributed by atoms with Crippen LogP contribution >= 0.6 is 0 Å². The molecule has 1 heterocycles. The fourth-order valence-corrected chi connectivity index (χ4v) is 3.84. The van der Waals surface area contributed by atoms with Gasteiger partial charge in [0.15, 0.2) is 0 Å². The third kappa shape index (κ3) is 1.92. The molecule has 3 fully saturated rings. The molecule has 1 saturated heterocycles. The van der Waals surface area contributed by atoms with Crippen LogP contribution in [0.15, 0.2) is 24.3 Å². The van der Waals surface area contributed by atoms with Crippen LogP contribution in [0.25, 0.3) is 0 Å². The van der Waals surface area contributed by atoms with Crippen LogP contribution in [0, 0.1) is 5.92 Å². The molecule has 1 aliphatic heterocycles. The van der Waals surface area contributed by atoms with Crippen molar-refractivity contribution in [3.8, 4) is 0 Å². The summed E-state index contributed by atoms with van der Waals surface area (Å²) in [4.78, 5) is 14.0. The molecule has 1 aromatic carbocycles. The van der Waals surface area contributed by atoms with Crippen molar-refractivity contribution in [1.82, 2.24) is 10.2 Å². The van der Waals surface area contributed by atoms with Gasteiger partial charge in [0.05, 0.1) is 11.1 Å². The van der Waals surface area contributed by atoms with Crippen LogP contribution in [0.5, 0.6) is 0 Å². The zero-order valence-corrected chi connectivity index (χ0v) is 12.0. The number of nitrogens with zero attached hydrogens (tertiary/aromatic N) is 1. The lowest BCUT2D eigenvalue weighted by Gasteiger charge is -2.39. The highest BCUT2D eigenvalue weighted by molar-refractivity contribution is 5.79. The Bertz CT molecular complexity index is 622. The summed E-state index contributed by atoms with van der Waals surface area (Å²) in [5.41, 5.74) is -1.18. The van der Waals surface area contributed by atoms with Gasteiger partial charge < -0.3 is 10.2 Å². The van der Waals surface area contributed by atoms with E-state index in [1.807, 2.05) is 0 Å². The minimum absolute atomic E-state index is 0.0874. The maximum absolute atomic E-state index is 13.5. The predicted molar refractivity (Wildman–Crippen MR) is 74.1 cm³/mol. The summed E-state index contributed by atoms with van der Waals surface area (Å²) in [7, 11) is 0. The summed E-state index contributed by atoms with van der Waals surface area (Å²) in [6, 6.07) is 5.61. The summed E-state index contributed by atoms with van der Waals surface area (Å²) in [5, 5.41) is 2.80. The van der Waals surface area contributed by atoms with Crippen molar-refractivity contribution in [1.29, 1.82) is 0 Å². The summed E-state index contributed by atoms with van der Waals surface area (Å²) in [6.45, 7) is 0.278. The molecule has 4 rings (SSSR count). The molecule has 0 bridgehead atoms. The molecular weight excluding hydrogens is 293 g/mol. The van der Waals surface area contributed by atoms with Crippen molar-refractivity contribution in [3.05, 3.63) is 35.4 Å². The van der Waals surface area contributed by atoms with Crippen LogP contribution in [0.2, 0.25) is 0 Å². The van der Waals surface area contributed by atoms with Crippen LogP contribution in [-0.4, -0.2) is 23.5 Å². The van der Waals surface area contributed by atoms with E-state index in [4.69, 9.17) is 0 Å². The first-order valence-electron chi connectivity index (χ1n) is 7.68. The highest BCUT2D eigenvalue weighted by Crippen LogP contribution is 2.56. The first-order chi connectivity index (χ1) is 10.4. The molecule has 1 atom stereocenters. The Labute approximate surface area is 126 Å². The molecule has 6 heteroatoms. The zero-order chi connectivity index (χ0) is 15.5. The van der Waals surface area contributed by atoms with Gasteiger partial charge in [-0.2, -0.15) is 13.2 Å². The van der Waals surface area contributed by atoms with Gasteiger partial charge in [0.2, 0.25) is 0 Å². The molecule has 3 aliphatic rings.